The summed E-state index contributed by atoms with van der Waals surface area (Å²) >= 11 is 0. The average Bonchev–Trinajstić information content (AvgIpc) is 2.40. The SMILES string of the molecule is COc1ccc(C[N+]23CCN(CC2)CC3)cc1F.[Cl-]. The van der Waals surface area contributed by atoms with Crippen LogP contribution in [0.4, 0.5) is 4.39 Å². The fourth-order valence-corrected chi connectivity index (χ4v) is 3.16. The fourth-order valence-electron chi connectivity index (χ4n) is 3.16. The molecule has 1 aromatic rings. The lowest BCUT2D eigenvalue weighted by Gasteiger charge is -2.50. The summed E-state index contributed by atoms with van der Waals surface area (Å²) < 4.78 is 19.8. The lowest BCUT2D eigenvalue weighted by Crippen LogP contribution is -3.00. The van der Waals surface area contributed by atoms with Crippen molar-refractivity contribution >= 4 is 0 Å². The van der Waals surface area contributed by atoms with Crippen LogP contribution in [0.15, 0.2) is 18.2 Å². The van der Waals surface area contributed by atoms with Gasteiger partial charge < -0.3 is 21.6 Å². The van der Waals surface area contributed by atoms with Gasteiger partial charge in [-0.1, -0.05) is 0 Å². The number of benzene rings is 1. The second kappa shape index (κ2) is 5.65. The molecule has 106 valence electrons. The summed E-state index contributed by atoms with van der Waals surface area (Å²) in [4.78, 5) is 2.52. The highest BCUT2D eigenvalue weighted by molar-refractivity contribution is 5.28. The smallest absolute Gasteiger partial charge is 0.165 e. The maximum absolute atomic E-state index is 13.7. The van der Waals surface area contributed by atoms with Gasteiger partial charge in [0.25, 0.3) is 0 Å². The molecule has 3 aliphatic heterocycles. The maximum Gasteiger partial charge on any atom is 0.165 e. The number of hydrogen-bond donors (Lipinski definition) is 0. The number of rotatable bonds is 3. The van der Waals surface area contributed by atoms with Crippen LogP contribution in [-0.2, 0) is 6.54 Å². The van der Waals surface area contributed by atoms with E-state index in [0.717, 1.165) is 16.6 Å². The van der Waals surface area contributed by atoms with Crippen molar-refractivity contribution in [2.45, 2.75) is 6.54 Å². The highest BCUT2D eigenvalue weighted by Gasteiger charge is 2.38. The van der Waals surface area contributed by atoms with E-state index in [1.54, 1.807) is 12.1 Å². The first-order valence-corrected chi connectivity index (χ1v) is 6.61. The molecule has 3 fully saturated rings. The van der Waals surface area contributed by atoms with Gasteiger partial charge in [0.2, 0.25) is 0 Å². The number of hydrogen-bond acceptors (Lipinski definition) is 2. The van der Waals surface area contributed by atoms with Crippen molar-refractivity contribution in [3.8, 4) is 5.75 Å². The normalized spacial score (nSPS) is 28.8. The Morgan fingerprint density at radius 1 is 1.21 bits per heavy atom. The van der Waals surface area contributed by atoms with Crippen molar-refractivity contribution in [3.05, 3.63) is 29.6 Å². The van der Waals surface area contributed by atoms with Crippen LogP contribution >= 0.6 is 0 Å². The molecule has 3 nitrogen and oxygen atoms in total. The number of halogens is 2. The molecular formula is C14H20ClFN2O. The predicted molar refractivity (Wildman–Crippen MR) is 68.0 cm³/mol. The van der Waals surface area contributed by atoms with Crippen LogP contribution in [0.3, 0.4) is 0 Å². The zero-order valence-electron chi connectivity index (χ0n) is 11.2. The molecule has 0 amide bonds. The van der Waals surface area contributed by atoms with Gasteiger partial charge in [-0.3, -0.25) is 4.90 Å². The van der Waals surface area contributed by atoms with Gasteiger partial charge in [0.1, 0.15) is 6.54 Å². The lowest BCUT2D eigenvalue weighted by atomic mass is 10.1. The van der Waals surface area contributed by atoms with Crippen LogP contribution in [0.5, 0.6) is 5.75 Å². The van der Waals surface area contributed by atoms with Gasteiger partial charge in [-0.25, -0.2) is 4.39 Å². The first-order chi connectivity index (χ1) is 8.71. The van der Waals surface area contributed by atoms with E-state index in [-0.39, 0.29) is 18.2 Å². The number of fused-ring (bicyclic) bond motifs is 3. The van der Waals surface area contributed by atoms with Gasteiger partial charge in [-0.05, 0) is 18.2 Å². The van der Waals surface area contributed by atoms with Crippen LogP contribution in [0.25, 0.3) is 0 Å². The number of nitrogens with zero attached hydrogens (tertiary/aromatic N) is 2. The second-order valence-electron chi connectivity index (χ2n) is 5.48. The molecule has 1 aromatic carbocycles. The molecule has 4 rings (SSSR count). The Hall–Kier alpha value is -0.840. The van der Waals surface area contributed by atoms with Crippen molar-refractivity contribution in [1.82, 2.24) is 4.90 Å². The Morgan fingerprint density at radius 3 is 2.37 bits per heavy atom. The van der Waals surface area contributed by atoms with Gasteiger partial charge in [-0.15, -0.1) is 0 Å². The molecular weight excluding hydrogens is 267 g/mol. The molecule has 0 atom stereocenters. The average molecular weight is 287 g/mol. The zero-order valence-corrected chi connectivity index (χ0v) is 12.0. The third kappa shape index (κ3) is 2.86. The summed E-state index contributed by atoms with van der Waals surface area (Å²) in [6.07, 6.45) is 0. The summed E-state index contributed by atoms with van der Waals surface area (Å²) in [5.41, 5.74) is 1.09. The van der Waals surface area contributed by atoms with Crippen molar-refractivity contribution in [1.29, 1.82) is 0 Å². The molecule has 19 heavy (non-hydrogen) atoms. The number of piperazine rings is 3. The standard InChI is InChI=1S/C14H20FN2O.ClH/c1-18-14-3-2-12(10-13(14)15)11-17-7-4-16(5-8-17)6-9-17;/h2-3,10H,4-9,11H2,1H3;1H/q+1;/p-1. The van der Waals surface area contributed by atoms with Gasteiger partial charge >= 0.3 is 0 Å². The van der Waals surface area contributed by atoms with E-state index < -0.39 is 0 Å². The summed E-state index contributed by atoms with van der Waals surface area (Å²) in [5, 5.41) is 0. The van der Waals surface area contributed by atoms with Crippen LogP contribution < -0.4 is 17.1 Å². The first kappa shape index (κ1) is 14.6. The maximum atomic E-state index is 13.7. The van der Waals surface area contributed by atoms with Gasteiger partial charge in [0.05, 0.1) is 26.7 Å². The Morgan fingerprint density at radius 2 is 1.84 bits per heavy atom. The molecule has 3 saturated heterocycles. The number of methoxy groups -OCH3 is 1. The second-order valence-corrected chi connectivity index (χ2v) is 5.48. The van der Waals surface area contributed by atoms with Crippen LogP contribution in [0.1, 0.15) is 5.56 Å². The third-order valence-corrected chi connectivity index (χ3v) is 4.41. The minimum Gasteiger partial charge on any atom is -1.00 e. The van der Waals surface area contributed by atoms with Gasteiger partial charge in [-0.2, -0.15) is 0 Å². The van der Waals surface area contributed by atoms with E-state index in [1.807, 2.05) is 6.07 Å². The molecule has 3 aliphatic rings. The highest BCUT2D eigenvalue weighted by Crippen LogP contribution is 2.25. The topological polar surface area (TPSA) is 12.5 Å². The summed E-state index contributed by atoms with van der Waals surface area (Å²) in [7, 11) is 1.50. The Kier molecular flexibility index (Phi) is 4.33. The van der Waals surface area contributed by atoms with Crippen LogP contribution in [-0.4, -0.2) is 55.8 Å². The molecule has 0 aromatic heterocycles. The van der Waals surface area contributed by atoms with Crippen molar-refractivity contribution in [2.24, 2.45) is 0 Å². The molecule has 0 unspecified atom stereocenters. The van der Waals surface area contributed by atoms with E-state index in [9.17, 15) is 4.39 Å². The Labute approximate surface area is 120 Å². The number of quaternary nitrogens is 1. The fraction of sp³-hybridized carbons (Fsp3) is 0.571. The summed E-state index contributed by atoms with van der Waals surface area (Å²) in [5.74, 6) is 0.0889. The van der Waals surface area contributed by atoms with E-state index in [0.29, 0.717) is 5.75 Å². The van der Waals surface area contributed by atoms with E-state index in [4.69, 9.17) is 4.74 Å². The van der Waals surface area contributed by atoms with Gasteiger partial charge in [0.15, 0.2) is 11.6 Å². The molecule has 0 saturated carbocycles. The zero-order chi connectivity index (χ0) is 12.6. The minimum atomic E-state index is -0.246. The van der Waals surface area contributed by atoms with Crippen molar-refractivity contribution in [3.63, 3.8) is 0 Å². The Bertz CT molecular complexity index is 433. The van der Waals surface area contributed by atoms with Gasteiger partial charge in [0, 0.05) is 25.2 Å². The quantitative estimate of drug-likeness (QED) is 0.626. The largest absolute Gasteiger partial charge is 1.00 e. The molecule has 0 aliphatic carbocycles. The van der Waals surface area contributed by atoms with E-state index in [2.05, 4.69) is 4.90 Å². The monoisotopic (exact) mass is 286 g/mol. The molecule has 2 bridgehead atoms. The molecule has 0 N–H and O–H groups in total. The van der Waals surface area contributed by atoms with Crippen LogP contribution in [0, 0.1) is 5.82 Å². The highest BCUT2D eigenvalue weighted by atomic mass is 35.5. The summed E-state index contributed by atoms with van der Waals surface area (Å²) in [6.45, 7) is 8.14. The molecule has 3 heterocycles. The van der Waals surface area contributed by atoms with E-state index in [1.165, 1.54) is 46.4 Å². The predicted octanol–water partition coefficient (Wildman–Crippen LogP) is -1.52. The Balaban J connectivity index is 0.00000133. The van der Waals surface area contributed by atoms with Crippen molar-refractivity contribution < 1.29 is 26.0 Å². The first-order valence-electron chi connectivity index (χ1n) is 6.61. The molecule has 5 heteroatoms. The molecule has 0 radical (unpaired) electrons. The minimum absolute atomic E-state index is 0. The van der Waals surface area contributed by atoms with Crippen molar-refractivity contribution in [2.75, 3.05) is 46.4 Å². The third-order valence-electron chi connectivity index (χ3n) is 4.41. The van der Waals surface area contributed by atoms with Crippen LogP contribution in [0.2, 0.25) is 0 Å². The lowest BCUT2D eigenvalue weighted by molar-refractivity contribution is -0.953. The molecule has 0 spiro atoms. The number of ether oxygens (including phenoxy) is 1. The van der Waals surface area contributed by atoms with E-state index >= 15 is 0 Å². The summed E-state index contributed by atoms with van der Waals surface area (Å²) in [6, 6.07) is 5.37.